The van der Waals surface area contributed by atoms with Crippen LogP contribution in [0.5, 0.6) is 5.75 Å². The Labute approximate surface area is 125 Å². The molecule has 0 saturated heterocycles. The average Bonchev–Trinajstić information content (AvgIpc) is 2.45. The molecule has 0 fully saturated rings. The number of hydrogen-bond donors (Lipinski definition) is 3. The van der Waals surface area contributed by atoms with Crippen molar-refractivity contribution < 1.29 is 19.7 Å². The van der Waals surface area contributed by atoms with Crippen LogP contribution >= 0.6 is 0 Å². The third-order valence-electron chi connectivity index (χ3n) is 3.27. The van der Waals surface area contributed by atoms with Gasteiger partial charge in [0.25, 0.3) is 0 Å². The molecule has 1 rings (SSSR count). The van der Waals surface area contributed by atoms with Gasteiger partial charge in [0.1, 0.15) is 17.9 Å². The molecule has 0 aliphatic rings. The number of rotatable bonds is 10. The van der Waals surface area contributed by atoms with Crippen molar-refractivity contribution in [1.82, 2.24) is 5.32 Å². The van der Waals surface area contributed by atoms with Crippen molar-refractivity contribution in [3.05, 3.63) is 29.8 Å². The first-order valence-corrected chi connectivity index (χ1v) is 7.23. The highest BCUT2D eigenvalue weighted by molar-refractivity contribution is 5.90. The minimum atomic E-state index is -0.983. The molecule has 0 aromatic heterocycles. The van der Waals surface area contributed by atoms with Gasteiger partial charge in [0.05, 0.1) is 0 Å². The fourth-order valence-electron chi connectivity index (χ4n) is 2.08. The van der Waals surface area contributed by atoms with E-state index in [4.69, 9.17) is 14.9 Å². The minimum absolute atomic E-state index is 0.127. The van der Waals surface area contributed by atoms with Crippen molar-refractivity contribution >= 4 is 5.97 Å². The predicted octanol–water partition coefficient (Wildman–Crippen LogP) is 2.15. The minimum Gasteiger partial charge on any atom is -0.491 e. The standard InChI is InChI=1S/C16H25NO4/c1-16(2,8-5-10-18)12-17-9-11-21-14-7-4-3-6-13(14)15(19)20/h3-4,6-7,17-18H,5,8-12H2,1-2H3,(H,19,20). The fraction of sp³-hybridized carbons (Fsp3) is 0.562. The quantitative estimate of drug-likeness (QED) is 0.576. The lowest BCUT2D eigenvalue weighted by Crippen LogP contribution is -2.32. The summed E-state index contributed by atoms with van der Waals surface area (Å²) in [5, 5.41) is 21.2. The van der Waals surface area contributed by atoms with E-state index in [0.717, 1.165) is 19.4 Å². The van der Waals surface area contributed by atoms with E-state index in [0.29, 0.717) is 18.9 Å². The maximum absolute atomic E-state index is 11.0. The number of carbonyl (C=O) groups is 1. The summed E-state index contributed by atoms with van der Waals surface area (Å²) in [7, 11) is 0. The zero-order valence-corrected chi connectivity index (χ0v) is 12.8. The molecule has 118 valence electrons. The lowest BCUT2D eigenvalue weighted by Gasteiger charge is -2.24. The second-order valence-corrected chi connectivity index (χ2v) is 5.82. The van der Waals surface area contributed by atoms with E-state index in [1.165, 1.54) is 6.07 Å². The van der Waals surface area contributed by atoms with Crippen LogP contribution in [0.15, 0.2) is 24.3 Å². The highest BCUT2D eigenvalue weighted by Gasteiger charge is 2.16. The number of carboxylic acids is 1. The average molecular weight is 295 g/mol. The highest BCUT2D eigenvalue weighted by atomic mass is 16.5. The number of aliphatic hydroxyl groups is 1. The lowest BCUT2D eigenvalue weighted by atomic mass is 9.88. The Kier molecular flexibility index (Phi) is 7.19. The summed E-state index contributed by atoms with van der Waals surface area (Å²) < 4.78 is 5.51. The van der Waals surface area contributed by atoms with Crippen LogP contribution in [0.2, 0.25) is 0 Å². The van der Waals surface area contributed by atoms with Gasteiger partial charge >= 0.3 is 5.97 Å². The van der Waals surface area contributed by atoms with Crippen LogP contribution in [0.4, 0.5) is 0 Å². The molecule has 21 heavy (non-hydrogen) atoms. The molecular formula is C16H25NO4. The molecule has 0 saturated carbocycles. The van der Waals surface area contributed by atoms with E-state index in [2.05, 4.69) is 19.2 Å². The molecule has 5 heteroatoms. The molecule has 0 aliphatic carbocycles. The second kappa shape index (κ2) is 8.64. The molecule has 0 radical (unpaired) electrons. The first kappa shape index (κ1) is 17.5. The van der Waals surface area contributed by atoms with E-state index < -0.39 is 5.97 Å². The van der Waals surface area contributed by atoms with Gasteiger partial charge in [-0.25, -0.2) is 4.79 Å². The van der Waals surface area contributed by atoms with Gasteiger partial charge in [-0.15, -0.1) is 0 Å². The van der Waals surface area contributed by atoms with Crippen LogP contribution in [0, 0.1) is 5.41 Å². The maximum Gasteiger partial charge on any atom is 0.339 e. The van der Waals surface area contributed by atoms with Crippen molar-refractivity contribution in [2.24, 2.45) is 5.41 Å². The highest BCUT2D eigenvalue weighted by Crippen LogP contribution is 2.20. The van der Waals surface area contributed by atoms with Crippen LogP contribution in [0.25, 0.3) is 0 Å². The Morgan fingerprint density at radius 2 is 2.05 bits per heavy atom. The van der Waals surface area contributed by atoms with Crippen LogP contribution in [0.3, 0.4) is 0 Å². The molecule has 0 bridgehead atoms. The zero-order valence-electron chi connectivity index (χ0n) is 12.8. The first-order chi connectivity index (χ1) is 9.96. The van der Waals surface area contributed by atoms with E-state index in [1.54, 1.807) is 18.2 Å². The van der Waals surface area contributed by atoms with Crippen LogP contribution < -0.4 is 10.1 Å². The Balaban J connectivity index is 2.30. The predicted molar refractivity (Wildman–Crippen MR) is 81.9 cm³/mol. The van der Waals surface area contributed by atoms with E-state index in [9.17, 15) is 4.79 Å². The maximum atomic E-state index is 11.0. The van der Waals surface area contributed by atoms with Crippen molar-refractivity contribution in [3.8, 4) is 5.75 Å². The molecule has 1 aromatic carbocycles. The summed E-state index contributed by atoms with van der Waals surface area (Å²) in [6.45, 7) is 6.42. The smallest absolute Gasteiger partial charge is 0.339 e. The van der Waals surface area contributed by atoms with Gasteiger partial charge in [-0.3, -0.25) is 0 Å². The van der Waals surface area contributed by atoms with Gasteiger partial charge in [0.2, 0.25) is 0 Å². The number of para-hydroxylation sites is 1. The summed E-state index contributed by atoms with van der Waals surface area (Å²) in [5.41, 5.74) is 0.308. The van der Waals surface area contributed by atoms with E-state index in [1.807, 2.05) is 0 Å². The fourth-order valence-corrected chi connectivity index (χ4v) is 2.08. The van der Waals surface area contributed by atoms with Crippen molar-refractivity contribution in [3.63, 3.8) is 0 Å². The number of hydrogen-bond acceptors (Lipinski definition) is 4. The lowest BCUT2D eigenvalue weighted by molar-refractivity contribution is 0.0692. The summed E-state index contributed by atoms with van der Waals surface area (Å²) in [6.07, 6.45) is 1.76. The van der Waals surface area contributed by atoms with E-state index >= 15 is 0 Å². The molecule has 0 aliphatic heterocycles. The molecule has 3 N–H and O–H groups in total. The van der Waals surface area contributed by atoms with Crippen LogP contribution in [0.1, 0.15) is 37.0 Å². The van der Waals surface area contributed by atoms with Gasteiger partial charge in [0.15, 0.2) is 0 Å². The number of ether oxygens (including phenoxy) is 1. The second-order valence-electron chi connectivity index (χ2n) is 5.82. The third kappa shape index (κ3) is 6.60. The van der Waals surface area contributed by atoms with Gasteiger partial charge in [-0.2, -0.15) is 0 Å². The number of carboxylic acid groups (broad SMARTS) is 1. The normalized spacial score (nSPS) is 11.4. The summed E-state index contributed by atoms with van der Waals surface area (Å²) >= 11 is 0. The molecule has 0 amide bonds. The van der Waals surface area contributed by atoms with Crippen molar-refractivity contribution in [1.29, 1.82) is 0 Å². The van der Waals surface area contributed by atoms with Crippen LogP contribution in [-0.2, 0) is 0 Å². The van der Waals surface area contributed by atoms with Crippen molar-refractivity contribution in [2.45, 2.75) is 26.7 Å². The Morgan fingerprint density at radius 3 is 2.71 bits per heavy atom. The summed E-state index contributed by atoms with van der Waals surface area (Å²) in [4.78, 5) is 11.0. The monoisotopic (exact) mass is 295 g/mol. The van der Waals surface area contributed by atoms with Gasteiger partial charge in [-0.1, -0.05) is 26.0 Å². The SMILES string of the molecule is CC(C)(CCCO)CNCCOc1ccccc1C(=O)O. The molecule has 0 atom stereocenters. The number of benzene rings is 1. The molecular weight excluding hydrogens is 270 g/mol. The molecule has 0 heterocycles. The molecule has 0 unspecified atom stereocenters. The Hall–Kier alpha value is -1.59. The topological polar surface area (TPSA) is 78.8 Å². The zero-order chi connectivity index (χ0) is 15.7. The van der Waals surface area contributed by atoms with Crippen LogP contribution in [-0.4, -0.2) is 42.5 Å². The number of nitrogens with one attached hydrogen (secondary N) is 1. The van der Waals surface area contributed by atoms with Gasteiger partial charge in [0, 0.05) is 19.7 Å². The molecule has 1 aromatic rings. The van der Waals surface area contributed by atoms with Gasteiger partial charge < -0.3 is 20.3 Å². The first-order valence-electron chi connectivity index (χ1n) is 7.23. The van der Waals surface area contributed by atoms with E-state index in [-0.39, 0.29) is 17.6 Å². The number of aromatic carboxylic acids is 1. The molecule has 0 spiro atoms. The van der Waals surface area contributed by atoms with Gasteiger partial charge in [-0.05, 0) is 30.4 Å². The number of aliphatic hydroxyl groups excluding tert-OH is 1. The third-order valence-corrected chi connectivity index (χ3v) is 3.27. The largest absolute Gasteiger partial charge is 0.491 e. The molecule has 5 nitrogen and oxygen atoms in total. The summed E-state index contributed by atoms with van der Waals surface area (Å²) in [6, 6.07) is 6.63. The summed E-state index contributed by atoms with van der Waals surface area (Å²) in [5.74, 6) is -0.588. The Bertz CT molecular complexity index is 446. The Morgan fingerprint density at radius 1 is 1.33 bits per heavy atom. The van der Waals surface area contributed by atoms with Crippen molar-refractivity contribution in [2.75, 3.05) is 26.3 Å².